The number of thiol groups is 1. The van der Waals surface area contributed by atoms with Crippen molar-refractivity contribution in [3.05, 3.63) is 29.8 Å². The van der Waals surface area contributed by atoms with Crippen LogP contribution in [0.15, 0.2) is 29.2 Å². The molecule has 1 aromatic carbocycles. The molecule has 0 atom stereocenters. The Kier molecular flexibility index (Phi) is 4.78. The van der Waals surface area contributed by atoms with Crippen molar-refractivity contribution in [2.75, 3.05) is 6.54 Å². The van der Waals surface area contributed by atoms with Crippen LogP contribution in [-0.2, 0) is 0 Å². The van der Waals surface area contributed by atoms with Gasteiger partial charge in [-0.25, -0.2) is 0 Å². The Labute approximate surface area is 100 Å². The van der Waals surface area contributed by atoms with Gasteiger partial charge in [0.05, 0.1) is 5.56 Å². The lowest BCUT2D eigenvalue weighted by Crippen LogP contribution is -2.28. The second kappa shape index (κ2) is 5.88. The van der Waals surface area contributed by atoms with Crippen LogP contribution in [0.4, 0.5) is 0 Å². The van der Waals surface area contributed by atoms with E-state index in [1.54, 1.807) is 12.1 Å². The fourth-order valence-electron chi connectivity index (χ4n) is 1.06. The molecule has 0 saturated heterocycles. The molecule has 0 bridgehead atoms. The summed E-state index contributed by atoms with van der Waals surface area (Å²) in [5.74, 6) is -0.128. The number of benzene rings is 1. The van der Waals surface area contributed by atoms with Gasteiger partial charge in [-0.2, -0.15) is 0 Å². The Balaban J connectivity index is 2.62. The first-order chi connectivity index (χ1) is 7.15. The van der Waals surface area contributed by atoms with E-state index in [4.69, 9.17) is 12.2 Å². The van der Waals surface area contributed by atoms with Crippen molar-refractivity contribution in [1.82, 2.24) is 5.32 Å². The molecule has 15 heavy (non-hydrogen) atoms. The summed E-state index contributed by atoms with van der Waals surface area (Å²) in [5.41, 5.74) is 0.583. The molecule has 0 heterocycles. The van der Waals surface area contributed by atoms with Crippen molar-refractivity contribution >= 4 is 35.6 Å². The molecule has 0 aromatic heterocycles. The summed E-state index contributed by atoms with van der Waals surface area (Å²) >= 11 is 9.23. The van der Waals surface area contributed by atoms with Gasteiger partial charge in [-0.15, -0.1) is 12.6 Å². The minimum absolute atomic E-state index is 0.128. The minimum Gasteiger partial charge on any atom is -0.347 e. The van der Waals surface area contributed by atoms with Gasteiger partial charge < -0.3 is 5.32 Å². The fourth-order valence-corrected chi connectivity index (χ4v) is 1.40. The molecular weight excluding hydrogens is 226 g/mol. The van der Waals surface area contributed by atoms with Gasteiger partial charge in [0.25, 0.3) is 5.91 Å². The second-order valence-corrected chi connectivity index (χ2v) is 4.15. The molecule has 1 N–H and O–H groups in total. The largest absolute Gasteiger partial charge is 0.347 e. The standard InChI is InChI=1S/C11H13NOS2/c1-2-8(14)7-12-11(13)9-5-3-4-6-10(9)15/h3-6,15H,2,7H2,1H3,(H,12,13). The van der Waals surface area contributed by atoms with Crippen LogP contribution in [0.2, 0.25) is 0 Å². The zero-order valence-corrected chi connectivity index (χ0v) is 10.2. The third kappa shape index (κ3) is 3.64. The quantitative estimate of drug-likeness (QED) is 0.624. The SMILES string of the molecule is CCC(=S)CNC(=O)c1ccccc1S. The summed E-state index contributed by atoms with van der Waals surface area (Å²) in [4.78, 5) is 13.2. The zero-order chi connectivity index (χ0) is 11.3. The van der Waals surface area contributed by atoms with Crippen LogP contribution in [-0.4, -0.2) is 17.3 Å². The smallest absolute Gasteiger partial charge is 0.252 e. The minimum atomic E-state index is -0.128. The van der Waals surface area contributed by atoms with Gasteiger partial charge in [0.1, 0.15) is 0 Å². The first kappa shape index (κ1) is 12.2. The lowest BCUT2D eigenvalue weighted by Gasteiger charge is -2.06. The summed E-state index contributed by atoms with van der Waals surface area (Å²) in [5, 5.41) is 2.76. The molecule has 2 nitrogen and oxygen atoms in total. The number of amides is 1. The van der Waals surface area contributed by atoms with E-state index in [9.17, 15) is 4.79 Å². The van der Waals surface area contributed by atoms with Gasteiger partial charge in [0.2, 0.25) is 0 Å². The van der Waals surface area contributed by atoms with E-state index in [1.165, 1.54) is 0 Å². The number of hydrogen-bond acceptors (Lipinski definition) is 3. The van der Waals surface area contributed by atoms with Gasteiger partial charge in [-0.1, -0.05) is 31.3 Å². The van der Waals surface area contributed by atoms with Crippen LogP contribution in [0.1, 0.15) is 23.7 Å². The molecule has 0 spiro atoms. The van der Waals surface area contributed by atoms with Gasteiger partial charge in [0.15, 0.2) is 0 Å². The van der Waals surface area contributed by atoms with E-state index in [-0.39, 0.29) is 5.91 Å². The van der Waals surface area contributed by atoms with Crippen molar-refractivity contribution in [2.24, 2.45) is 0 Å². The van der Waals surface area contributed by atoms with E-state index in [0.29, 0.717) is 17.0 Å². The average Bonchev–Trinajstić information content (AvgIpc) is 2.26. The Hall–Kier alpha value is -0.870. The van der Waals surface area contributed by atoms with E-state index in [1.807, 2.05) is 19.1 Å². The Bertz CT molecular complexity index is 377. The molecule has 0 unspecified atom stereocenters. The summed E-state index contributed by atoms with van der Waals surface area (Å²) in [6.45, 7) is 2.42. The predicted molar refractivity (Wildman–Crippen MR) is 68.9 cm³/mol. The molecule has 1 amide bonds. The van der Waals surface area contributed by atoms with Crippen LogP contribution < -0.4 is 5.32 Å². The summed E-state index contributed by atoms with van der Waals surface area (Å²) < 4.78 is 0. The van der Waals surface area contributed by atoms with Crippen molar-refractivity contribution in [3.8, 4) is 0 Å². The van der Waals surface area contributed by atoms with Crippen molar-refractivity contribution in [3.63, 3.8) is 0 Å². The average molecular weight is 239 g/mol. The molecule has 0 radical (unpaired) electrons. The Morgan fingerprint density at radius 2 is 2.13 bits per heavy atom. The molecule has 1 rings (SSSR count). The topological polar surface area (TPSA) is 29.1 Å². The summed E-state index contributed by atoms with van der Waals surface area (Å²) in [6.07, 6.45) is 0.804. The van der Waals surface area contributed by atoms with Crippen molar-refractivity contribution in [1.29, 1.82) is 0 Å². The molecule has 80 valence electrons. The Morgan fingerprint density at radius 1 is 1.47 bits per heavy atom. The molecule has 0 aliphatic rings. The van der Waals surface area contributed by atoms with Gasteiger partial charge in [-0.05, 0) is 18.6 Å². The van der Waals surface area contributed by atoms with Crippen molar-refractivity contribution in [2.45, 2.75) is 18.2 Å². The highest BCUT2D eigenvalue weighted by Gasteiger charge is 2.07. The molecular formula is C11H13NOS2. The number of carbonyl (C=O) groups is 1. The van der Waals surface area contributed by atoms with E-state index in [0.717, 1.165) is 11.3 Å². The maximum atomic E-state index is 11.7. The van der Waals surface area contributed by atoms with Crippen LogP contribution in [0.3, 0.4) is 0 Å². The lowest BCUT2D eigenvalue weighted by atomic mass is 10.2. The molecule has 1 aromatic rings. The van der Waals surface area contributed by atoms with Gasteiger partial charge in [0, 0.05) is 16.3 Å². The Morgan fingerprint density at radius 3 is 2.73 bits per heavy atom. The molecule has 0 saturated carbocycles. The van der Waals surface area contributed by atoms with Crippen LogP contribution in [0.25, 0.3) is 0 Å². The molecule has 4 heteroatoms. The fraction of sp³-hybridized carbons (Fsp3) is 0.273. The number of rotatable bonds is 4. The summed E-state index contributed by atoms with van der Waals surface area (Å²) in [6, 6.07) is 7.19. The third-order valence-electron chi connectivity index (χ3n) is 1.99. The second-order valence-electron chi connectivity index (χ2n) is 3.09. The highest BCUT2D eigenvalue weighted by Crippen LogP contribution is 2.12. The lowest BCUT2D eigenvalue weighted by molar-refractivity contribution is 0.0956. The predicted octanol–water partition coefficient (Wildman–Crippen LogP) is 2.49. The monoisotopic (exact) mass is 239 g/mol. The van der Waals surface area contributed by atoms with E-state index < -0.39 is 0 Å². The van der Waals surface area contributed by atoms with Gasteiger partial charge in [-0.3, -0.25) is 4.79 Å². The highest BCUT2D eigenvalue weighted by molar-refractivity contribution is 7.80. The van der Waals surface area contributed by atoms with Gasteiger partial charge >= 0.3 is 0 Å². The number of thiocarbonyl (C=S) groups is 1. The normalized spacial score (nSPS) is 9.73. The first-order valence-electron chi connectivity index (χ1n) is 4.73. The molecule has 0 fully saturated rings. The number of nitrogens with one attached hydrogen (secondary N) is 1. The van der Waals surface area contributed by atoms with E-state index in [2.05, 4.69) is 17.9 Å². The maximum Gasteiger partial charge on any atom is 0.252 e. The highest BCUT2D eigenvalue weighted by atomic mass is 32.1. The van der Waals surface area contributed by atoms with Crippen LogP contribution >= 0.6 is 24.8 Å². The number of hydrogen-bond donors (Lipinski definition) is 2. The van der Waals surface area contributed by atoms with E-state index >= 15 is 0 Å². The molecule has 0 aliphatic heterocycles. The van der Waals surface area contributed by atoms with Crippen LogP contribution in [0, 0.1) is 0 Å². The summed E-state index contributed by atoms with van der Waals surface area (Å²) in [7, 11) is 0. The zero-order valence-electron chi connectivity index (χ0n) is 8.49. The third-order valence-corrected chi connectivity index (χ3v) is 2.81. The maximum absolute atomic E-state index is 11.7. The molecule has 0 aliphatic carbocycles. The first-order valence-corrected chi connectivity index (χ1v) is 5.58. The number of carbonyl (C=O) groups excluding carboxylic acids is 1. The van der Waals surface area contributed by atoms with Crippen molar-refractivity contribution < 1.29 is 4.79 Å². The van der Waals surface area contributed by atoms with Crippen LogP contribution in [0.5, 0.6) is 0 Å².